The van der Waals surface area contributed by atoms with Gasteiger partial charge in [0.25, 0.3) is 0 Å². The Bertz CT molecular complexity index is 294. The molecule has 14 heavy (non-hydrogen) atoms. The summed E-state index contributed by atoms with van der Waals surface area (Å²) in [7, 11) is 0. The highest BCUT2D eigenvalue weighted by atomic mass is 79.9. The summed E-state index contributed by atoms with van der Waals surface area (Å²) in [4.78, 5) is 16.7. The van der Waals surface area contributed by atoms with Gasteiger partial charge in [0.15, 0.2) is 0 Å². The summed E-state index contributed by atoms with van der Waals surface area (Å²) in [5, 5.41) is 10.8. The number of isocyanates is 2. The number of halogens is 1. The van der Waals surface area contributed by atoms with Gasteiger partial charge in [0.2, 0.25) is 12.2 Å². The van der Waals surface area contributed by atoms with Gasteiger partial charge in [-0.05, 0) is 18.6 Å². The maximum atomic E-state index is 8.35. The molecule has 1 rings (SSSR count). The first-order valence-electron chi connectivity index (χ1n) is 3.42. The Morgan fingerprint density at radius 1 is 1.14 bits per heavy atom. The van der Waals surface area contributed by atoms with Crippen LogP contribution in [0.4, 0.5) is 0 Å². The van der Waals surface area contributed by atoms with Gasteiger partial charge in [0.05, 0.1) is 0 Å². The van der Waals surface area contributed by atoms with Gasteiger partial charge in [0, 0.05) is 4.47 Å². The lowest BCUT2D eigenvalue weighted by molar-refractivity contribution is 0.562. The van der Waals surface area contributed by atoms with Gasteiger partial charge in [-0.3, -0.25) is 0 Å². The third kappa shape index (κ3) is 10.5. The largest absolute Gasteiger partial charge is 0.231 e. The van der Waals surface area contributed by atoms with Crippen LogP contribution in [0.25, 0.3) is 0 Å². The highest BCUT2D eigenvalue weighted by Gasteiger charge is 1.86. The minimum absolute atomic E-state index is 0.750. The molecule has 0 atom stereocenters. The van der Waals surface area contributed by atoms with Crippen molar-refractivity contribution in [1.29, 1.82) is 10.8 Å². The molecular formula is C9H9BrN2O2. The summed E-state index contributed by atoms with van der Waals surface area (Å²) in [6, 6.07) is 8.15. The third-order valence-electron chi connectivity index (χ3n) is 1.08. The standard InChI is InChI=1S/C7H7Br.2CHNO/c1-6-4-2-3-5-7(6)8;2*2-1-3/h2-5H,1H3;2*2H. The van der Waals surface area contributed by atoms with Crippen molar-refractivity contribution < 1.29 is 9.59 Å². The van der Waals surface area contributed by atoms with E-state index < -0.39 is 0 Å². The molecule has 0 bridgehead atoms. The van der Waals surface area contributed by atoms with E-state index in [1.165, 1.54) is 10.0 Å². The fraction of sp³-hybridized carbons (Fsp3) is 0.111. The SMILES string of the molecule is Cc1ccccc1Br.N=C=O.N=C=O. The topological polar surface area (TPSA) is 81.8 Å². The van der Waals surface area contributed by atoms with Crippen LogP contribution in [0.3, 0.4) is 0 Å². The number of benzene rings is 1. The third-order valence-corrected chi connectivity index (χ3v) is 1.97. The molecule has 2 N–H and O–H groups in total. The number of nitrogens with one attached hydrogen (secondary N) is 2. The van der Waals surface area contributed by atoms with Crippen molar-refractivity contribution in [3.63, 3.8) is 0 Å². The van der Waals surface area contributed by atoms with Crippen molar-refractivity contribution in [2.75, 3.05) is 0 Å². The zero-order valence-electron chi connectivity index (χ0n) is 7.50. The summed E-state index contributed by atoms with van der Waals surface area (Å²) >= 11 is 3.40. The molecule has 0 heterocycles. The lowest BCUT2D eigenvalue weighted by Crippen LogP contribution is -1.69. The smallest absolute Gasteiger partial charge is 0.222 e. The molecule has 0 aromatic heterocycles. The predicted molar refractivity (Wildman–Crippen MR) is 55.7 cm³/mol. The van der Waals surface area contributed by atoms with E-state index in [-0.39, 0.29) is 0 Å². The molecule has 0 unspecified atom stereocenters. The molecular weight excluding hydrogens is 248 g/mol. The molecule has 0 saturated heterocycles. The average Bonchev–Trinajstić information content (AvgIpc) is 2.13. The Kier molecular flexibility index (Phi) is 12.2. The maximum Gasteiger partial charge on any atom is 0.231 e. The Balaban J connectivity index is 0. The number of aryl methyl sites for hydroxylation is 1. The predicted octanol–water partition coefficient (Wildman–Crippen LogP) is 2.56. The van der Waals surface area contributed by atoms with E-state index in [1.54, 1.807) is 0 Å². The van der Waals surface area contributed by atoms with Crippen molar-refractivity contribution in [3.05, 3.63) is 34.3 Å². The molecule has 4 nitrogen and oxygen atoms in total. The van der Waals surface area contributed by atoms with Crippen LogP contribution in [0.5, 0.6) is 0 Å². The van der Waals surface area contributed by atoms with E-state index in [2.05, 4.69) is 28.9 Å². The fourth-order valence-corrected chi connectivity index (χ4v) is 0.836. The van der Waals surface area contributed by atoms with Gasteiger partial charge < -0.3 is 0 Å². The van der Waals surface area contributed by atoms with Crippen LogP contribution in [-0.2, 0) is 9.59 Å². The summed E-state index contributed by atoms with van der Waals surface area (Å²) < 4.78 is 1.18. The molecule has 0 aliphatic heterocycles. The Morgan fingerprint density at radius 2 is 1.50 bits per heavy atom. The summed E-state index contributed by atoms with van der Waals surface area (Å²) in [5.41, 5.74) is 1.28. The van der Waals surface area contributed by atoms with Crippen LogP contribution in [0.2, 0.25) is 0 Å². The minimum Gasteiger partial charge on any atom is -0.222 e. The first-order chi connectivity index (χ1) is 6.63. The van der Waals surface area contributed by atoms with Crippen LogP contribution in [-0.4, -0.2) is 12.2 Å². The van der Waals surface area contributed by atoms with Gasteiger partial charge >= 0.3 is 0 Å². The highest BCUT2D eigenvalue weighted by Crippen LogP contribution is 2.13. The van der Waals surface area contributed by atoms with Crippen LogP contribution in [0.15, 0.2) is 28.7 Å². The van der Waals surface area contributed by atoms with Gasteiger partial charge in [-0.1, -0.05) is 34.1 Å². The van der Waals surface area contributed by atoms with Crippen LogP contribution in [0.1, 0.15) is 5.56 Å². The second kappa shape index (κ2) is 11.5. The van der Waals surface area contributed by atoms with Crippen molar-refractivity contribution in [2.24, 2.45) is 0 Å². The number of hydrogen-bond donors (Lipinski definition) is 2. The van der Waals surface area contributed by atoms with E-state index in [0.29, 0.717) is 0 Å². The zero-order chi connectivity index (χ0) is 11.4. The number of hydrogen-bond acceptors (Lipinski definition) is 4. The van der Waals surface area contributed by atoms with E-state index in [1.807, 2.05) is 18.2 Å². The van der Waals surface area contributed by atoms with Crippen molar-refractivity contribution >= 4 is 28.1 Å². The Labute approximate surface area is 90.1 Å². The molecule has 0 saturated carbocycles. The van der Waals surface area contributed by atoms with Crippen LogP contribution >= 0.6 is 15.9 Å². The van der Waals surface area contributed by atoms with E-state index in [0.717, 1.165) is 12.2 Å². The molecule has 0 fully saturated rings. The van der Waals surface area contributed by atoms with Crippen molar-refractivity contribution in [3.8, 4) is 0 Å². The summed E-state index contributed by atoms with van der Waals surface area (Å²) in [6.45, 7) is 2.07. The normalized spacial score (nSPS) is 6.43. The van der Waals surface area contributed by atoms with E-state index in [4.69, 9.17) is 20.4 Å². The molecule has 0 spiro atoms. The van der Waals surface area contributed by atoms with Crippen LogP contribution in [0, 0.1) is 17.7 Å². The second-order valence-corrected chi connectivity index (χ2v) is 2.81. The maximum absolute atomic E-state index is 8.35. The van der Waals surface area contributed by atoms with Gasteiger partial charge in [-0.15, -0.1) is 0 Å². The number of carbonyl (C=O) groups excluding carboxylic acids is 2. The van der Waals surface area contributed by atoms with E-state index in [9.17, 15) is 0 Å². The monoisotopic (exact) mass is 256 g/mol. The van der Waals surface area contributed by atoms with Gasteiger partial charge in [-0.25, -0.2) is 20.4 Å². The quantitative estimate of drug-likeness (QED) is 0.553. The summed E-state index contributed by atoms with van der Waals surface area (Å²) in [5.74, 6) is 0. The molecule has 1 aromatic carbocycles. The second-order valence-electron chi connectivity index (χ2n) is 1.95. The molecule has 0 radical (unpaired) electrons. The lowest BCUT2D eigenvalue weighted by atomic mass is 10.2. The van der Waals surface area contributed by atoms with Gasteiger partial charge in [-0.2, -0.15) is 0 Å². The Morgan fingerprint density at radius 3 is 1.71 bits per heavy atom. The first-order valence-corrected chi connectivity index (χ1v) is 4.22. The van der Waals surface area contributed by atoms with Crippen molar-refractivity contribution in [2.45, 2.75) is 6.92 Å². The molecule has 0 amide bonds. The molecule has 74 valence electrons. The number of rotatable bonds is 0. The highest BCUT2D eigenvalue weighted by molar-refractivity contribution is 9.10. The Hall–Kier alpha value is -1.54. The van der Waals surface area contributed by atoms with E-state index >= 15 is 0 Å². The minimum atomic E-state index is 0.750. The van der Waals surface area contributed by atoms with Crippen molar-refractivity contribution in [1.82, 2.24) is 0 Å². The first kappa shape index (κ1) is 15.0. The summed E-state index contributed by atoms with van der Waals surface area (Å²) in [6.07, 6.45) is 1.50. The fourth-order valence-electron chi connectivity index (χ4n) is 0.551. The zero-order valence-corrected chi connectivity index (χ0v) is 9.09. The van der Waals surface area contributed by atoms with Crippen LogP contribution < -0.4 is 0 Å². The molecule has 0 aliphatic rings. The van der Waals surface area contributed by atoms with Gasteiger partial charge in [0.1, 0.15) is 0 Å². The molecule has 0 aliphatic carbocycles. The molecule has 1 aromatic rings. The average molecular weight is 257 g/mol. The lowest BCUT2D eigenvalue weighted by Gasteiger charge is -1.91. The molecule has 5 heteroatoms.